The minimum atomic E-state index is -0.606. The van der Waals surface area contributed by atoms with Crippen LogP contribution in [0.5, 0.6) is 11.5 Å². The molecule has 0 radical (unpaired) electrons. The molecule has 1 N–H and O–H groups in total. The Bertz CT molecular complexity index is 1150. The maximum absolute atomic E-state index is 13.8. The first-order valence-corrected chi connectivity index (χ1v) is 10.9. The van der Waals surface area contributed by atoms with Crippen molar-refractivity contribution in [3.8, 4) is 11.5 Å². The van der Waals surface area contributed by atoms with Crippen LogP contribution in [0.1, 0.15) is 12.0 Å². The number of fused-ring (bicyclic) bond motifs is 3. The molecule has 33 heavy (non-hydrogen) atoms. The first kappa shape index (κ1) is 20.9. The van der Waals surface area contributed by atoms with Crippen LogP contribution >= 0.6 is 0 Å². The Morgan fingerprint density at radius 3 is 2.52 bits per heavy atom. The van der Waals surface area contributed by atoms with Gasteiger partial charge in [-0.2, -0.15) is 0 Å². The Kier molecular flexibility index (Phi) is 5.60. The molecule has 1 saturated heterocycles. The average Bonchev–Trinajstić information content (AvgIpc) is 3.28. The zero-order valence-electron chi connectivity index (χ0n) is 18.3. The minimum absolute atomic E-state index is 0.118. The third kappa shape index (κ3) is 4.22. The van der Waals surface area contributed by atoms with Gasteiger partial charge in [0.2, 0.25) is 5.91 Å². The van der Waals surface area contributed by atoms with Crippen LogP contribution in [-0.2, 0) is 11.3 Å². The second kappa shape index (κ2) is 8.86. The molecule has 0 aliphatic carbocycles. The van der Waals surface area contributed by atoms with E-state index in [1.807, 2.05) is 78.9 Å². The van der Waals surface area contributed by atoms with E-state index < -0.39 is 6.04 Å². The number of hydrogen-bond donors (Lipinski definition) is 1. The van der Waals surface area contributed by atoms with Gasteiger partial charge in [0.15, 0.2) is 0 Å². The standard InChI is InChI=1S/C26H25N3O4/c1-32-20-13-11-18(12-14-20)16-28-22-9-5-6-10-24(22)33-21-15-23(25(28)30)29(17-21)26(31)27-19-7-3-2-4-8-19/h2-14,21,23H,15-17H2,1H3,(H,27,31)/t21-,23-/m0/s1. The highest BCUT2D eigenvalue weighted by Crippen LogP contribution is 2.37. The third-order valence-electron chi connectivity index (χ3n) is 6.05. The fourth-order valence-electron chi connectivity index (χ4n) is 4.39. The summed E-state index contributed by atoms with van der Waals surface area (Å²) in [5, 5.41) is 2.90. The van der Waals surface area contributed by atoms with Crippen LogP contribution < -0.4 is 19.7 Å². The fourth-order valence-corrected chi connectivity index (χ4v) is 4.39. The predicted molar refractivity (Wildman–Crippen MR) is 126 cm³/mol. The molecule has 0 aromatic heterocycles. The summed E-state index contributed by atoms with van der Waals surface area (Å²) in [6.45, 7) is 0.707. The van der Waals surface area contributed by atoms with Gasteiger partial charge >= 0.3 is 6.03 Å². The van der Waals surface area contributed by atoms with Crippen molar-refractivity contribution in [3.63, 3.8) is 0 Å². The zero-order valence-corrected chi connectivity index (χ0v) is 18.3. The molecule has 3 aromatic carbocycles. The van der Waals surface area contributed by atoms with Crippen LogP contribution in [-0.4, -0.2) is 42.6 Å². The maximum Gasteiger partial charge on any atom is 0.322 e. The van der Waals surface area contributed by atoms with Crippen molar-refractivity contribution in [1.82, 2.24) is 4.90 Å². The van der Waals surface area contributed by atoms with E-state index in [1.54, 1.807) is 16.9 Å². The van der Waals surface area contributed by atoms with E-state index in [0.717, 1.165) is 11.3 Å². The number of nitrogens with one attached hydrogen (secondary N) is 1. The molecule has 2 aliphatic heterocycles. The molecule has 7 nitrogen and oxygen atoms in total. The number of methoxy groups -OCH3 is 1. The lowest BCUT2D eigenvalue weighted by Crippen LogP contribution is -2.49. The number of ether oxygens (including phenoxy) is 2. The molecular formula is C26H25N3O4. The number of hydrogen-bond acceptors (Lipinski definition) is 4. The lowest BCUT2D eigenvalue weighted by atomic mass is 10.1. The van der Waals surface area contributed by atoms with Crippen LogP contribution in [0.3, 0.4) is 0 Å². The van der Waals surface area contributed by atoms with Gasteiger partial charge in [0.05, 0.1) is 25.9 Å². The van der Waals surface area contributed by atoms with E-state index in [1.165, 1.54) is 0 Å². The summed E-state index contributed by atoms with van der Waals surface area (Å²) in [6, 6.07) is 23.5. The van der Waals surface area contributed by atoms with E-state index in [4.69, 9.17) is 9.47 Å². The van der Waals surface area contributed by atoms with Crippen molar-refractivity contribution >= 4 is 23.3 Å². The summed E-state index contributed by atoms with van der Waals surface area (Å²) < 4.78 is 11.5. The number of carbonyl (C=O) groups excluding carboxylic acids is 2. The molecule has 5 rings (SSSR count). The van der Waals surface area contributed by atoms with Gasteiger partial charge in [-0.05, 0) is 42.0 Å². The largest absolute Gasteiger partial charge is 0.497 e. The van der Waals surface area contributed by atoms with E-state index in [2.05, 4.69) is 5.32 Å². The SMILES string of the molecule is COc1ccc(CN2C(=O)[C@@H]3C[C@@H](CN3C(=O)Nc3ccccc3)Oc3ccccc32)cc1. The molecule has 168 valence electrons. The summed E-state index contributed by atoms with van der Waals surface area (Å²) in [5.74, 6) is 1.28. The van der Waals surface area contributed by atoms with Gasteiger partial charge in [0, 0.05) is 12.1 Å². The summed E-state index contributed by atoms with van der Waals surface area (Å²) in [4.78, 5) is 30.3. The molecular weight excluding hydrogens is 418 g/mol. The first-order chi connectivity index (χ1) is 16.1. The maximum atomic E-state index is 13.8. The molecule has 3 aromatic rings. The molecule has 1 fully saturated rings. The quantitative estimate of drug-likeness (QED) is 0.653. The van der Waals surface area contributed by atoms with E-state index in [-0.39, 0.29) is 18.0 Å². The van der Waals surface area contributed by atoms with Crippen LogP contribution in [0.4, 0.5) is 16.2 Å². The van der Waals surface area contributed by atoms with Crippen molar-refractivity contribution < 1.29 is 19.1 Å². The lowest BCUT2D eigenvalue weighted by Gasteiger charge is -2.31. The van der Waals surface area contributed by atoms with E-state index in [9.17, 15) is 9.59 Å². The molecule has 3 amide bonds. The first-order valence-electron chi connectivity index (χ1n) is 10.9. The number of para-hydroxylation sites is 3. The third-order valence-corrected chi connectivity index (χ3v) is 6.05. The summed E-state index contributed by atoms with van der Waals surface area (Å²) >= 11 is 0. The van der Waals surface area contributed by atoms with Crippen LogP contribution in [0.25, 0.3) is 0 Å². The van der Waals surface area contributed by atoms with Gasteiger partial charge < -0.3 is 24.6 Å². The Hall–Kier alpha value is -4.00. The molecule has 7 heteroatoms. The zero-order chi connectivity index (χ0) is 22.8. The van der Waals surface area contributed by atoms with Crippen LogP contribution in [0, 0.1) is 0 Å². The summed E-state index contributed by atoms with van der Waals surface area (Å²) in [5.41, 5.74) is 2.35. The molecule has 2 heterocycles. The molecule has 0 unspecified atom stereocenters. The molecule has 0 spiro atoms. The van der Waals surface area contributed by atoms with Crippen molar-refractivity contribution in [1.29, 1.82) is 0 Å². The molecule has 2 atom stereocenters. The lowest BCUT2D eigenvalue weighted by molar-refractivity contribution is -0.122. The van der Waals surface area contributed by atoms with E-state index >= 15 is 0 Å². The second-order valence-corrected chi connectivity index (χ2v) is 8.18. The topological polar surface area (TPSA) is 71.1 Å². The van der Waals surface area contributed by atoms with Gasteiger partial charge in [-0.15, -0.1) is 0 Å². The monoisotopic (exact) mass is 443 g/mol. The van der Waals surface area contributed by atoms with Crippen molar-refractivity contribution in [2.24, 2.45) is 0 Å². The number of anilines is 2. The Morgan fingerprint density at radius 2 is 1.76 bits per heavy atom. The highest BCUT2D eigenvalue weighted by atomic mass is 16.5. The number of benzene rings is 3. The smallest absolute Gasteiger partial charge is 0.322 e. The summed E-state index contributed by atoms with van der Waals surface area (Å²) in [6.07, 6.45) is 0.207. The Balaban J connectivity index is 1.45. The second-order valence-electron chi connectivity index (χ2n) is 8.18. The normalized spacial score (nSPS) is 19.2. The number of urea groups is 1. The predicted octanol–water partition coefficient (Wildman–Crippen LogP) is 4.30. The highest BCUT2D eigenvalue weighted by molar-refractivity contribution is 6.02. The number of carbonyl (C=O) groups is 2. The van der Waals surface area contributed by atoms with Gasteiger partial charge in [0.25, 0.3) is 0 Å². The van der Waals surface area contributed by atoms with Gasteiger partial charge in [-0.25, -0.2) is 4.79 Å². The molecule has 0 saturated carbocycles. The summed E-state index contributed by atoms with van der Waals surface area (Å²) in [7, 11) is 1.62. The number of likely N-dealkylation sites (tertiary alicyclic amines) is 1. The Labute approximate surface area is 192 Å². The van der Waals surface area contributed by atoms with Gasteiger partial charge in [0.1, 0.15) is 23.6 Å². The molecule has 2 aliphatic rings. The van der Waals surface area contributed by atoms with Crippen LogP contribution in [0.15, 0.2) is 78.9 Å². The number of nitrogens with zero attached hydrogens (tertiary/aromatic N) is 2. The minimum Gasteiger partial charge on any atom is -0.497 e. The molecule has 2 bridgehead atoms. The van der Waals surface area contributed by atoms with Crippen molar-refractivity contribution in [3.05, 3.63) is 84.4 Å². The average molecular weight is 444 g/mol. The Morgan fingerprint density at radius 1 is 1.03 bits per heavy atom. The van der Waals surface area contributed by atoms with Gasteiger partial charge in [-0.3, -0.25) is 4.79 Å². The van der Waals surface area contributed by atoms with Crippen molar-refractivity contribution in [2.75, 3.05) is 23.9 Å². The van der Waals surface area contributed by atoms with Crippen LogP contribution in [0.2, 0.25) is 0 Å². The number of rotatable bonds is 4. The van der Waals surface area contributed by atoms with Gasteiger partial charge in [-0.1, -0.05) is 42.5 Å². The van der Waals surface area contributed by atoms with Crippen molar-refractivity contribution in [2.45, 2.75) is 25.1 Å². The number of amides is 3. The fraction of sp³-hybridized carbons (Fsp3) is 0.231. The van der Waals surface area contributed by atoms with E-state index in [0.29, 0.717) is 36.6 Å². The highest BCUT2D eigenvalue weighted by Gasteiger charge is 2.45.